The molecule has 2 aromatic rings. The van der Waals surface area contributed by atoms with Crippen LogP contribution in [-0.2, 0) is 6.42 Å². The molecule has 0 saturated carbocycles. The van der Waals surface area contributed by atoms with Crippen LogP contribution >= 0.6 is 24.0 Å². The molecule has 25 heavy (non-hydrogen) atoms. The van der Waals surface area contributed by atoms with E-state index in [-0.39, 0.29) is 24.0 Å². The van der Waals surface area contributed by atoms with Gasteiger partial charge in [0.05, 0.1) is 5.69 Å². The van der Waals surface area contributed by atoms with E-state index in [0.717, 1.165) is 43.5 Å². The molecule has 0 aliphatic rings. The molecule has 2 N–H and O–H groups in total. The summed E-state index contributed by atoms with van der Waals surface area (Å²) in [5.41, 5.74) is 3.46. The van der Waals surface area contributed by atoms with Gasteiger partial charge in [-0.25, -0.2) is 0 Å². The van der Waals surface area contributed by atoms with Gasteiger partial charge in [0.1, 0.15) is 5.76 Å². The van der Waals surface area contributed by atoms with Crippen molar-refractivity contribution in [1.29, 1.82) is 0 Å². The summed E-state index contributed by atoms with van der Waals surface area (Å²) in [6.07, 6.45) is 0.875. The summed E-state index contributed by atoms with van der Waals surface area (Å²) < 4.78 is 5.20. The van der Waals surface area contributed by atoms with Crippen LogP contribution in [0.15, 0.2) is 39.8 Å². The van der Waals surface area contributed by atoms with Crippen molar-refractivity contribution >= 4 is 29.9 Å². The maximum Gasteiger partial charge on any atom is 0.191 e. The van der Waals surface area contributed by atoms with E-state index in [0.29, 0.717) is 5.92 Å². The first-order valence-electron chi connectivity index (χ1n) is 8.60. The molecule has 0 amide bonds. The standard InChI is InChI=1S/C19H28N4O.HI/c1-5-20-19(21-12-11-18-15(3)23-24-16(18)4)22-13-14(2)17-9-7-6-8-10-17;/h6-10,14H,5,11-13H2,1-4H3,(H2,20,21,22);1H. The summed E-state index contributed by atoms with van der Waals surface area (Å²) in [4.78, 5) is 4.71. The van der Waals surface area contributed by atoms with Gasteiger partial charge in [0.15, 0.2) is 5.96 Å². The Labute approximate surface area is 167 Å². The van der Waals surface area contributed by atoms with Crippen molar-refractivity contribution in [3.63, 3.8) is 0 Å². The van der Waals surface area contributed by atoms with Crippen LogP contribution < -0.4 is 10.6 Å². The Hall–Kier alpha value is -1.57. The minimum absolute atomic E-state index is 0. The molecule has 1 unspecified atom stereocenters. The third-order valence-electron chi connectivity index (χ3n) is 4.08. The molecule has 138 valence electrons. The topological polar surface area (TPSA) is 62.5 Å². The van der Waals surface area contributed by atoms with Gasteiger partial charge in [-0.1, -0.05) is 42.4 Å². The Bertz CT molecular complexity index is 635. The minimum Gasteiger partial charge on any atom is -0.361 e. The quantitative estimate of drug-likeness (QED) is 0.378. The molecule has 1 aromatic carbocycles. The van der Waals surface area contributed by atoms with Gasteiger partial charge in [-0.15, -0.1) is 24.0 Å². The molecule has 0 fully saturated rings. The molecule has 1 aromatic heterocycles. The summed E-state index contributed by atoms with van der Waals surface area (Å²) in [5.74, 6) is 2.14. The lowest BCUT2D eigenvalue weighted by Gasteiger charge is -2.13. The molecule has 0 aliphatic heterocycles. The first-order chi connectivity index (χ1) is 11.6. The fraction of sp³-hybridized carbons (Fsp3) is 0.474. The number of nitrogens with one attached hydrogen (secondary N) is 2. The normalized spacial score (nSPS) is 12.4. The monoisotopic (exact) mass is 456 g/mol. The van der Waals surface area contributed by atoms with Gasteiger partial charge >= 0.3 is 0 Å². The largest absolute Gasteiger partial charge is 0.361 e. The van der Waals surface area contributed by atoms with E-state index in [1.807, 2.05) is 19.9 Å². The highest BCUT2D eigenvalue weighted by atomic mass is 127. The second kappa shape index (κ2) is 11.1. The zero-order valence-corrected chi connectivity index (χ0v) is 17.8. The highest BCUT2D eigenvalue weighted by Gasteiger charge is 2.09. The minimum atomic E-state index is 0. The van der Waals surface area contributed by atoms with Gasteiger partial charge in [0, 0.05) is 31.1 Å². The van der Waals surface area contributed by atoms with Crippen LogP contribution in [0.2, 0.25) is 0 Å². The highest BCUT2D eigenvalue weighted by Crippen LogP contribution is 2.14. The Morgan fingerprint density at radius 3 is 2.52 bits per heavy atom. The molecule has 2 rings (SSSR count). The SMILES string of the molecule is CCNC(=NCC(C)c1ccccc1)NCCc1c(C)noc1C.I. The van der Waals surface area contributed by atoms with Gasteiger partial charge in [-0.2, -0.15) is 0 Å². The van der Waals surface area contributed by atoms with Gasteiger partial charge in [0.25, 0.3) is 0 Å². The Morgan fingerprint density at radius 2 is 1.92 bits per heavy atom. The summed E-state index contributed by atoms with van der Waals surface area (Å²) in [5, 5.41) is 10.7. The smallest absolute Gasteiger partial charge is 0.191 e. The fourth-order valence-electron chi connectivity index (χ4n) is 2.62. The van der Waals surface area contributed by atoms with Crippen LogP contribution in [0.3, 0.4) is 0 Å². The lowest BCUT2D eigenvalue weighted by atomic mass is 10.0. The van der Waals surface area contributed by atoms with Crippen LogP contribution in [0.25, 0.3) is 0 Å². The number of benzene rings is 1. The number of halogens is 1. The van der Waals surface area contributed by atoms with Crippen LogP contribution in [0, 0.1) is 13.8 Å². The molecule has 0 spiro atoms. The summed E-state index contributed by atoms with van der Waals surface area (Å²) in [6.45, 7) is 10.6. The van der Waals surface area contributed by atoms with Crippen molar-refractivity contribution in [3.8, 4) is 0 Å². The molecule has 0 bridgehead atoms. The van der Waals surface area contributed by atoms with Crippen LogP contribution in [0.4, 0.5) is 0 Å². The van der Waals surface area contributed by atoms with Crippen LogP contribution in [-0.4, -0.2) is 30.8 Å². The van der Waals surface area contributed by atoms with Gasteiger partial charge in [-0.3, -0.25) is 4.99 Å². The van der Waals surface area contributed by atoms with E-state index in [1.54, 1.807) is 0 Å². The maximum absolute atomic E-state index is 5.20. The highest BCUT2D eigenvalue weighted by molar-refractivity contribution is 14.0. The third-order valence-corrected chi connectivity index (χ3v) is 4.08. The van der Waals surface area contributed by atoms with Gasteiger partial charge in [0.2, 0.25) is 0 Å². The number of aliphatic imine (C=N–C) groups is 1. The molecule has 0 aliphatic carbocycles. The molecule has 6 heteroatoms. The predicted molar refractivity (Wildman–Crippen MR) is 114 cm³/mol. The lowest BCUT2D eigenvalue weighted by molar-refractivity contribution is 0.392. The van der Waals surface area contributed by atoms with Crippen molar-refractivity contribution in [2.75, 3.05) is 19.6 Å². The number of aromatic nitrogens is 1. The number of hydrogen-bond acceptors (Lipinski definition) is 3. The van der Waals surface area contributed by atoms with Crippen molar-refractivity contribution in [1.82, 2.24) is 15.8 Å². The lowest BCUT2D eigenvalue weighted by Crippen LogP contribution is -2.38. The van der Waals surface area contributed by atoms with Crippen LogP contribution in [0.1, 0.15) is 42.3 Å². The molecule has 0 radical (unpaired) electrons. The van der Waals surface area contributed by atoms with Gasteiger partial charge < -0.3 is 15.2 Å². The van der Waals surface area contributed by atoms with E-state index < -0.39 is 0 Å². The average molecular weight is 456 g/mol. The van der Waals surface area contributed by atoms with E-state index in [1.165, 1.54) is 11.1 Å². The van der Waals surface area contributed by atoms with Crippen molar-refractivity contribution in [3.05, 3.63) is 52.9 Å². The molecule has 1 heterocycles. The second-order valence-corrected chi connectivity index (χ2v) is 6.01. The van der Waals surface area contributed by atoms with Gasteiger partial charge in [-0.05, 0) is 32.8 Å². The number of hydrogen-bond donors (Lipinski definition) is 2. The predicted octanol–water partition coefficient (Wildman–Crippen LogP) is 3.81. The first-order valence-corrected chi connectivity index (χ1v) is 8.60. The van der Waals surface area contributed by atoms with Crippen molar-refractivity contribution in [2.45, 2.75) is 40.0 Å². The van der Waals surface area contributed by atoms with E-state index in [4.69, 9.17) is 9.52 Å². The third kappa shape index (κ3) is 6.68. The van der Waals surface area contributed by atoms with Crippen molar-refractivity contribution < 1.29 is 4.52 Å². The summed E-state index contributed by atoms with van der Waals surface area (Å²) in [7, 11) is 0. The molecule has 0 saturated heterocycles. The molecular weight excluding hydrogens is 427 g/mol. The van der Waals surface area contributed by atoms with Crippen LogP contribution in [0.5, 0.6) is 0 Å². The molecule has 5 nitrogen and oxygen atoms in total. The maximum atomic E-state index is 5.20. The van der Waals surface area contributed by atoms with E-state index in [9.17, 15) is 0 Å². The fourth-order valence-corrected chi connectivity index (χ4v) is 2.62. The zero-order chi connectivity index (χ0) is 17.4. The Kier molecular flexibility index (Phi) is 9.55. The number of rotatable bonds is 7. The zero-order valence-electron chi connectivity index (χ0n) is 15.5. The van der Waals surface area contributed by atoms with E-state index in [2.05, 4.69) is 53.9 Å². The second-order valence-electron chi connectivity index (χ2n) is 6.01. The molecule has 1 atom stereocenters. The Balaban J connectivity index is 0.00000312. The number of guanidine groups is 1. The number of aryl methyl sites for hydroxylation is 2. The first kappa shape index (κ1) is 21.5. The average Bonchev–Trinajstić information content (AvgIpc) is 2.92. The van der Waals surface area contributed by atoms with Crippen molar-refractivity contribution in [2.24, 2.45) is 4.99 Å². The number of nitrogens with zero attached hydrogens (tertiary/aromatic N) is 2. The Morgan fingerprint density at radius 1 is 1.20 bits per heavy atom. The molecular formula is C19H29IN4O. The summed E-state index contributed by atoms with van der Waals surface area (Å²) >= 11 is 0. The summed E-state index contributed by atoms with van der Waals surface area (Å²) in [6, 6.07) is 10.5. The van der Waals surface area contributed by atoms with E-state index >= 15 is 0 Å².